The van der Waals surface area contributed by atoms with Gasteiger partial charge in [-0.25, -0.2) is 0 Å². The van der Waals surface area contributed by atoms with Crippen LogP contribution in [-0.2, 0) is 10.3 Å². The molecule has 1 aliphatic carbocycles. The Morgan fingerprint density at radius 3 is 2.81 bits per heavy atom. The highest BCUT2D eigenvalue weighted by Crippen LogP contribution is 2.41. The van der Waals surface area contributed by atoms with E-state index in [0.29, 0.717) is 29.0 Å². The normalized spacial score (nSPS) is 17.2. The first-order valence-electron chi connectivity index (χ1n) is 7.18. The molecule has 0 unspecified atom stereocenters. The Morgan fingerprint density at radius 1 is 1.38 bits per heavy atom. The molecule has 6 heteroatoms. The number of ether oxygens (including phenoxy) is 1. The van der Waals surface area contributed by atoms with Crippen molar-refractivity contribution in [3.05, 3.63) is 29.0 Å². The summed E-state index contributed by atoms with van der Waals surface area (Å²) in [6, 6.07) is 5.28. The van der Waals surface area contributed by atoms with Crippen molar-refractivity contribution in [3.8, 4) is 11.5 Å². The maximum atomic E-state index is 5.94. The number of nitrogens with zero attached hydrogens (tertiary/aromatic N) is 2. The SMILES string of the molecule is CCOC1(c2noc(-c3ccc(Cl)c(N)c3)n2)CCCC1. The minimum Gasteiger partial charge on any atom is -0.398 e. The summed E-state index contributed by atoms with van der Waals surface area (Å²) in [6.45, 7) is 2.62. The maximum absolute atomic E-state index is 5.94. The van der Waals surface area contributed by atoms with E-state index in [1.165, 1.54) is 0 Å². The first kappa shape index (κ1) is 14.4. The highest BCUT2D eigenvalue weighted by molar-refractivity contribution is 6.33. The second kappa shape index (κ2) is 5.66. The van der Waals surface area contributed by atoms with Gasteiger partial charge >= 0.3 is 0 Å². The van der Waals surface area contributed by atoms with E-state index in [-0.39, 0.29) is 0 Å². The first-order valence-corrected chi connectivity index (χ1v) is 7.56. The Bertz CT molecular complexity index is 636. The van der Waals surface area contributed by atoms with Crippen LogP contribution in [0.3, 0.4) is 0 Å². The molecule has 1 saturated carbocycles. The number of benzene rings is 1. The lowest BCUT2D eigenvalue weighted by Gasteiger charge is -2.24. The zero-order chi connectivity index (χ0) is 14.9. The van der Waals surface area contributed by atoms with E-state index in [1.807, 2.05) is 13.0 Å². The van der Waals surface area contributed by atoms with Crippen molar-refractivity contribution in [2.45, 2.75) is 38.2 Å². The molecule has 1 aromatic heterocycles. The zero-order valence-electron chi connectivity index (χ0n) is 11.9. The molecule has 112 valence electrons. The number of hydrogen-bond donors (Lipinski definition) is 1. The molecule has 1 aromatic carbocycles. The molecule has 2 aromatic rings. The van der Waals surface area contributed by atoms with Crippen LogP contribution in [0.5, 0.6) is 0 Å². The van der Waals surface area contributed by atoms with Crippen molar-refractivity contribution in [2.24, 2.45) is 0 Å². The van der Waals surface area contributed by atoms with Gasteiger partial charge in [-0.05, 0) is 50.8 Å². The first-order chi connectivity index (χ1) is 10.1. The highest BCUT2D eigenvalue weighted by atomic mass is 35.5. The topological polar surface area (TPSA) is 74.2 Å². The van der Waals surface area contributed by atoms with Crippen molar-refractivity contribution < 1.29 is 9.26 Å². The number of nitrogen functional groups attached to an aromatic ring is 1. The summed E-state index contributed by atoms with van der Waals surface area (Å²) in [5.74, 6) is 1.07. The van der Waals surface area contributed by atoms with Crippen LogP contribution in [0, 0.1) is 0 Å². The molecule has 3 rings (SSSR count). The van der Waals surface area contributed by atoms with Crippen molar-refractivity contribution in [1.29, 1.82) is 0 Å². The fraction of sp³-hybridized carbons (Fsp3) is 0.467. The fourth-order valence-corrected chi connectivity index (χ4v) is 2.98. The third-order valence-corrected chi connectivity index (χ3v) is 4.25. The van der Waals surface area contributed by atoms with Gasteiger partial charge in [0.2, 0.25) is 5.82 Å². The van der Waals surface area contributed by atoms with E-state index < -0.39 is 5.60 Å². The van der Waals surface area contributed by atoms with Gasteiger partial charge in [-0.2, -0.15) is 4.98 Å². The second-order valence-corrected chi connectivity index (χ2v) is 5.70. The standard InChI is InChI=1S/C15H18ClN3O2/c1-2-20-15(7-3-4-8-15)14-18-13(21-19-14)10-5-6-11(16)12(17)9-10/h5-6,9H,2-4,7-8,17H2,1H3. The van der Waals surface area contributed by atoms with Crippen LogP contribution in [0.25, 0.3) is 11.5 Å². The summed E-state index contributed by atoms with van der Waals surface area (Å²) < 4.78 is 11.3. The van der Waals surface area contributed by atoms with Crippen molar-refractivity contribution in [1.82, 2.24) is 10.1 Å². The summed E-state index contributed by atoms with van der Waals surface area (Å²) >= 11 is 5.93. The van der Waals surface area contributed by atoms with Crippen molar-refractivity contribution >= 4 is 17.3 Å². The minimum absolute atomic E-state index is 0.394. The third kappa shape index (κ3) is 2.63. The molecule has 21 heavy (non-hydrogen) atoms. The Morgan fingerprint density at radius 2 is 2.14 bits per heavy atom. The Kier molecular flexibility index (Phi) is 3.87. The van der Waals surface area contributed by atoms with Crippen molar-refractivity contribution in [3.63, 3.8) is 0 Å². The van der Waals surface area contributed by atoms with E-state index in [2.05, 4.69) is 10.1 Å². The molecule has 0 saturated heterocycles. The molecule has 2 N–H and O–H groups in total. The van der Waals surface area contributed by atoms with Gasteiger partial charge in [0.25, 0.3) is 5.89 Å². The third-order valence-electron chi connectivity index (χ3n) is 3.91. The minimum atomic E-state index is -0.394. The fourth-order valence-electron chi connectivity index (χ4n) is 2.86. The lowest BCUT2D eigenvalue weighted by atomic mass is 10.0. The molecule has 0 amide bonds. The summed E-state index contributed by atoms with van der Waals surface area (Å²) in [5.41, 5.74) is 6.68. The van der Waals surface area contributed by atoms with Crippen LogP contribution in [0.1, 0.15) is 38.4 Å². The average molecular weight is 308 g/mol. The number of nitrogens with two attached hydrogens (primary N) is 1. The molecular weight excluding hydrogens is 290 g/mol. The second-order valence-electron chi connectivity index (χ2n) is 5.29. The van der Waals surface area contributed by atoms with Gasteiger partial charge in [-0.3, -0.25) is 0 Å². The van der Waals surface area contributed by atoms with Gasteiger partial charge in [0, 0.05) is 12.2 Å². The maximum Gasteiger partial charge on any atom is 0.258 e. The smallest absolute Gasteiger partial charge is 0.258 e. The van der Waals surface area contributed by atoms with Gasteiger partial charge in [-0.1, -0.05) is 16.8 Å². The molecular formula is C15H18ClN3O2. The van der Waals surface area contributed by atoms with Gasteiger partial charge < -0.3 is 15.0 Å². The van der Waals surface area contributed by atoms with Crippen LogP contribution in [-0.4, -0.2) is 16.7 Å². The highest BCUT2D eigenvalue weighted by Gasteiger charge is 2.40. The van der Waals surface area contributed by atoms with Crippen LogP contribution >= 0.6 is 11.6 Å². The number of aromatic nitrogens is 2. The number of halogens is 1. The van der Waals surface area contributed by atoms with Crippen LogP contribution in [0.2, 0.25) is 5.02 Å². The quantitative estimate of drug-likeness (QED) is 0.870. The molecule has 0 atom stereocenters. The van der Waals surface area contributed by atoms with E-state index in [1.54, 1.807) is 12.1 Å². The lowest BCUT2D eigenvalue weighted by molar-refractivity contribution is -0.0469. The van der Waals surface area contributed by atoms with E-state index in [4.69, 9.17) is 26.6 Å². The zero-order valence-corrected chi connectivity index (χ0v) is 12.7. The van der Waals surface area contributed by atoms with E-state index in [0.717, 1.165) is 31.2 Å². The van der Waals surface area contributed by atoms with Crippen LogP contribution < -0.4 is 5.73 Å². The molecule has 5 nitrogen and oxygen atoms in total. The number of hydrogen-bond acceptors (Lipinski definition) is 5. The molecule has 1 fully saturated rings. The largest absolute Gasteiger partial charge is 0.398 e. The van der Waals surface area contributed by atoms with Crippen molar-refractivity contribution in [2.75, 3.05) is 12.3 Å². The van der Waals surface area contributed by atoms with E-state index >= 15 is 0 Å². The van der Waals surface area contributed by atoms with Gasteiger partial charge in [0.15, 0.2) is 0 Å². The number of anilines is 1. The molecule has 0 bridgehead atoms. The summed E-state index contributed by atoms with van der Waals surface area (Å²) in [4.78, 5) is 4.52. The van der Waals surface area contributed by atoms with Gasteiger partial charge in [0.05, 0.1) is 10.7 Å². The molecule has 1 aliphatic rings. The Hall–Kier alpha value is -1.59. The molecule has 0 aliphatic heterocycles. The number of rotatable bonds is 4. The van der Waals surface area contributed by atoms with Crippen LogP contribution in [0.15, 0.2) is 22.7 Å². The lowest BCUT2D eigenvalue weighted by Crippen LogP contribution is -2.27. The monoisotopic (exact) mass is 307 g/mol. The average Bonchev–Trinajstić information content (AvgIpc) is 3.12. The summed E-state index contributed by atoms with van der Waals surface area (Å²) in [5, 5.41) is 4.65. The molecule has 0 radical (unpaired) electrons. The van der Waals surface area contributed by atoms with E-state index in [9.17, 15) is 0 Å². The predicted molar refractivity (Wildman–Crippen MR) is 80.9 cm³/mol. The molecule has 1 heterocycles. The van der Waals surface area contributed by atoms with Crippen LogP contribution in [0.4, 0.5) is 5.69 Å². The Balaban J connectivity index is 1.93. The summed E-state index contributed by atoms with van der Waals surface area (Å²) in [6.07, 6.45) is 4.11. The predicted octanol–water partition coefficient (Wildman–Crippen LogP) is 3.78. The van der Waals surface area contributed by atoms with Gasteiger partial charge in [0.1, 0.15) is 5.60 Å². The Labute approximate surface area is 128 Å². The molecule has 0 spiro atoms. The summed E-state index contributed by atoms with van der Waals surface area (Å²) in [7, 11) is 0. The van der Waals surface area contributed by atoms with Gasteiger partial charge in [-0.15, -0.1) is 0 Å².